The zero-order valence-corrected chi connectivity index (χ0v) is 18.1. The van der Waals surface area contributed by atoms with E-state index in [-0.39, 0.29) is 35.2 Å². The van der Waals surface area contributed by atoms with E-state index in [9.17, 15) is 13.2 Å². The Bertz CT molecular complexity index is 1250. The molecular formula is C22H19ClN2O5S. The van der Waals surface area contributed by atoms with E-state index in [0.717, 1.165) is 5.56 Å². The summed E-state index contributed by atoms with van der Waals surface area (Å²) in [6.45, 7) is 2.35. The van der Waals surface area contributed by atoms with Crippen LogP contribution in [0.15, 0.2) is 65.6 Å². The van der Waals surface area contributed by atoms with Crippen LogP contribution < -0.4 is 19.5 Å². The molecule has 0 radical (unpaired) electrons. The molecule has 7 nitrogen and oxygen atoms in total. The van der Waals surface area contributed by atoms with E-state index in [0.29, 0.717) is 16.4 Å². The third-order valence-corrected chi connectivity index (χ3v) is 6.39. The molecule has 3 aromatic carbocycles. The fraction of sp³-hybridized carbons (Fsp3) is 0.136. The molecule has 0 unspecified atom stereocenters. The summed E-state index contributed by atoms with van der Waals surface area (Å²) in [5.41, 5.74) is 1.79. The molecule has 4 rings (SSSR count). The topological polar surface area (TPSA) is 93.7 Å². The van der Waals surface area contributed by atoms with E-state index in [4.69, 9.17) is 21.1 Å². The molecule has 0 atom stereocenters. The van der Waals surface area contributed by atoms with Crippen LogP contribution in [0.1, 0.15) is 15.9 Å². The minimum absolute atomic E-state index is 0.0438. The van der Waals surface area contributed by atoms with Gasteiger partial charge in [-0.15, -0.1) is 0 Å². The Morgan fingerprint density at radius 3 is 2.45 bits per heavy atom. The second-order valence-corrected chi connectivity index (χ2v) is 8.97. The van der Waals surface area contributed by atoms with Crippen molar-refractivity contribution in [2.75, 3.05) is 23.3 Å². The van der Waals surface area contributed by atoms with Crippen LogP contribution in [0.5, 0.6) is 11.5 Å². The number of amides is 1. The highest BCUT2D eigenvalue weighted by Crippen LogP contribution is 2.37. The number of carbonyl (C=O) groups excluding carboxylic acids is 1. The average molecular weight is 459 g/mol. The minimum Gasteiger partial charge on any atom is -0.486 e. The Morgan fingerprint density at radius 1 is 0.968 bits per heavy atom. The first-order valence-electron chi connectivity index (χ1n) is 9.42. The Labute approximate surface area is 185 Å². The largest absolute Gasteiger partial charge is 0.486 e. The zero-order chi connectivity index (χ0) is 22.0. The van der Waals surface area contributed by atoms with Gasteiger partial charge in [0.25, 0.3) is 15.9 Å². The molecule has 1 aliphatic heterocycles. The molecule has 3 aromatic rings. The van der Waals surface area contributed by atoms with E-state index in [1.807, 2.05) is 6.92 Å². The number of para-hydroxylation sites is 1. The molecule has 9 heteroatoms. The predicted octanol–water partition coefficient (Wildman–Crippen LogP) is 4.47. The van der Waals surface area contributed by atoms with Gasteiger partial charge in [-0.05, 0) is 42.8 Å². The van der Waals surface area contributed by atoms with E-state index >= 15 is 0 Å². The van der Waals surface area contributed by atoms with Crippen LogP contribution in [0.2, 0.25) is 5.02 Å². The lowest BCUT2D eigenvalue weighted by Gasteiger charge is -2.22. The van der Waals surface area contributed by atoms with Gasteiger partial charge in [0.05, 0.1) is 10.5 Å². The first-order chi connectivity index (χ1) is 14.8. The first kappa shape index (κ1) is 21.0. The Kier molecular flexibility index (Phi) is 5.75. The third kappa shape index (κ3) is 4.60. The van der Waals surface area contributed by atoms with Gasteiger partial charge in [-0.3, -0.25) is 9.52 Å². The molecule has 0 aliphatic carbocycles. The van der Waals surface area contributed by atoms with Gasteiger partial charge in [0.2, 0.25) is 0 Å². The average Bonchev–Trinajstić information content (AvgIpc) is 2.76. The summed E-state index contributed by atoms with van der Waals surface area (Å²) in [7, 11) is -3.97. The number of sulfonamides is 1. The standard InChI is InChI=1S/C22H19ClN2O5S/c1-14-7-8-16(11-19(14)23)24-22(26)18-12-17(13-20-21(18)30-10-9-29-20)31(27,28)25-15-5-3-2-4-6-15/h2-8,11-13,25H,9-10H2,1H3,(H,24,26). The SMILES string of the molecule is Cc1ccc(NC(=O)c2cc(S(=O)(=O)Nc3ccccc3)cc3c2OCCO3)cc1Cl. The van der Waals surface area contributed by atoms with Crippen molar-refractivity contribution in [1.29, 1.82) is 0 Å². The van der Waals surface area contributed by atoms with Crippen molar-refractivity contribution in [3.63, 3.8) is 0 Å². The van der Waals surface area contributed by atoms with Gasteiger partial charge >= 0.3 is 0 Å². The molecule has 2 N–H and O–H groups in total. The molecule has 1 aliphatic rings. The van der Waals surface area contributed by atoms with Crippen LogP contribution in [0.25, 0.3) is 0 Å². The van der Waals surface area contributed by atoms with Gasteiger partial charge in [0, 0.05) is 22.5 Å². The monoisotopic (exact) mass is 458 g/mol. The lowest BCUT2D eigenvalue weighted by molar-refractivity contribution is 0.101. The number of hydrogen-bond acceptors (Lipinski definition) is 5. The fourth-order valence-corrected chi connectivity index (χ4v) is 4.32. The second kappa shape index (κ2) is 8.49. The van der Waals surface area contributed by atoms with Gasteiger partial charge in [0.1, 0.15) is 13.2 Å². The van der Waals surface area contributed by atoms with E-state index < -0.39 is 15.9 Å². The molecule has 0 aromatic heterocycles. The minimum atomic E-state index is -3.97. The van der Waals surface area contributed by atoms with Crippen molar-refractivity contribution < 1.29 is 22.7 Å². The zero-order valence-electron chi connectivity index (χ0n) is 16.5. The molecule has 0 bridgehead atoms. The fourth-order valence-electron chi connectivity index (χ4n) is 3.04. The number of anilines is 2. The molecule has 0 saturated carbocycles. The van der Waals surface area contributed by atoms with Crippen molar-refractivity contribution in [2.24, 2.45) is 0 Å². The first-order valence-corrected chi connectivity index (χ1v) is 11.3. The van der Waals surface area contributed by atoms with Crippen molar-refractivity contribution in [3.8, 4) is 11.5 Å². The maximum atomic E-state index is 13.0. The van der Waals surface area contributed by atoms with Crippen LogP contribution in [0.4, 0.5) is 11.4 Å². The number of nitrogens with one attached hydrogen (secondary N) is 2. The summed E-state index contributed by atoms with van der Waals surface area (Å²) in [6, 6.07) is 16.2. The summed E-state index contributed by atoms with van der Waals surface area (Å²) in [5, 5.41) is 3.23. The van der Waals surface area contributed by atoms with Gasteiger partial charge < -0.3 is 14.8 Å². The molecule has 0 saturated heterocycles. The van der Waals surface area contributed by atoms with Crippen LogP contribution in [-0.4, -0.2) is 27.5 Å². The van der Waals surface area contributed by atoms with Crippen LogP contribution in [0.3, 0.4) is 0 Å². The number of fused-ring (bicyclic) bond motifs is 1. The summed E-state index contributed by atoms with van der Waals surface area (Å²) in [5.74, 6) is -0.159. The number of rotatable bonds is 5. The van der Waals surface area contributed by atoms with Crippen molar-refractivity contribution in [1.82, 2.24) is 0 Å². The summed E-state index contributed by atoms with van der Waals surface area (Å²) >= 11 is 6.14. The summed E-state index contributed by atoms with van der Waals surface area (Å²) in [6.07, 6.45) is 0. The van der Waals surface area contributed by atoms with Crippen LogP contribution in [-0.2, 0) is 10.0 Å². The predicted molar refractivity (Wildman–Crippen MR) is 119 cm³/mol. The summed E-state index contributed by atoms with van der Waals surface area (Å²) in [4.78, 5) is 12.9. The molecule has 1 heterocycles. The van der Waals surface area contributed by atoms with E-state index in [1.165, 1.54) is 12.1 Å². The number of benzene rings is 3. The highest BCUT2D eigenvalue weighted by Gasteiger charge is 2.26. The van der Waals surface area contributed by atoms with Gasteiger partial charge in [-0.1, -0.05) is 35.9 Å². The number of ether oxygens (including phenoxy) is 2. The van der Waals surface area contributed by atoms with Gasteiger partial charge in [-0.25, -0.2) is 8.42 Å². The lowest BCUT2D eigenvalue weighted by atomic mass is 10.1. The number of hydrogen-bond donors (Lipinski definition) is 2. The Balaban J connectivity index is 1.71. The van der Waals surface area contributed by atoms with E-state index in [1.54, 1.807) is 48.5 Å². The maximum absolute atomic E-state index is 13.0. The Hall–Kier alpha value is -3.23. The van der Waals surface area contributed by atoms with E-state index in [2.05, 4.69) is 10.0 Å². The van der Waals surface area contributed by atoms with Gasteiger partial charge in [-0.2, -0.15) is 0 Å². The molecule has 160 valence electrons. The quantitative estimate of drug-likeness (QED) is 0.588. The molecular weight excluding hydrogens is 440 g/mol. The summed E-state index contributed by atoms with van der Waals surface area (Å²) < 4.78 is 39.6. The molecule has 0 spiro atoms. The third-order valence-electron chi connectivity index (χ3n) is 4.63. The molecule has 0 fully saturated rings. The highest BCUT2D eigenvalue weighted by molar-refractivity contribution is 7.92. The lowest BCUT2D eigenvalue weighted by Crippen LogP contribution is -2.22. The maximum Gasteiger partial charge on any atom is 0.262 e. The molecule has 31 heavy (non-hydrogen) atoms. The number of carbonyl (C=O) groups is 1. The highest BCUT2D eigenvalue weighted by atomic mass is 35.5. The number of aryl methyl sites for hydroxylation is 1. The van der Waals surface area contributed by atoms with Crippen molar-refractivity contribution in [2.45, 2.75) is 11.8 Å². The second-order valence-electron chi connectivity index (χ2n) is 6.88. The van der Waals surface area contributed by atoms with Crippen molar-refractivity contribution >= 4 is 38.9 Å². The normalized spacial score (nSPS) is 12.8. The van der Waals surface area contributed by atoms with Gasteiger partial charge in [0.15, 0.2) is 11.5 Å². The van der Waals surface area contributed by atoms with Crippen molar-refractivity contribution in [3.05, 3.63) is 76.8 Å². The Morgan fingerprint density at radius 2 is 1.71 bits per heavy atom. The molecule has 1 amide bonds. The smallest absolute Gasteiger partial charge is 0.262 e. The number of halogens is 1. The van der Waals surface area contributed by atoms with Crippen LogP contribution >= 0.6 is 11.6 Å². The van der Waals surface area contributed by atoms with Crippen LogP contribution in [0, 0.1) is 6.92 Å².